The zero-order valence-electron chi connectivity index (χ0n) is 18.9. The van der Waals surface area contributed by atoms with Crippen LogP contribution in [-0.2, 0) is 30.2 Å². The quantitative estimate of drug-likeness (QED) is 0.357. The van der Waals surface area contributed by atoms with Crippen LogP contribution in [0, 0.1) is 5.92 Å². The molecule has 0 spiro atoms. The summed E-state index contributed by atoms with van der Waals surface area (Å²) in [5, 5.41) is 0. The number of esters is 2. The van der Waals surface area contributed by atoms with E-state index in [1.54, 1.807) is 27.7 Å². The van der Waals surface area contributed by atoms with E-state index >= 15 is 0 Å². The number of carbonyl (C=O) groups is 2. The molecule has 0 saturated heterocycles. The van der Waals surface area contributed by atoms with Crippen molar-refractivity contribution in [3.63, 3.8) is 0 Å². The summed E-state index contributed by atoms with van der Waals surface area (Å²) in [6.45, 7) is 11.8. The Labute approximate surface area is 176 Å². The summed E-state index contributed by atoms with van der Waals surface area (Å²) in [6, 6.07) is 9.90. The Balaban J connectivity index is 2.70. The molecule has 1 aromatic carbocycles. The second-order valence-corrected chi connectivity index (χ2v) is 8.64. The number of carbonyl (C=O) groups excluding carboxylic acids is 2. The Kier molecular flexibility index (Phi) is 11.0. The molecule has 0 unspecified atom stereocenters. The normalized spacial score (nSPS) is 14.7. The maximum atomic E-state index is 12.6. The second kappa shape index (κ2) is 12.6. The van der Waals surface area contributed by atoms with Crippen LogP contribution in [0.3, 0.4) is 0 Å². The Bertz CT molecular complexity index is 605. The van der Waals surface area contributed by atoms with Crippen LogP contribution in [0.15, 0.2) is 30.3 Å². The number of hydrogen-bond acceptors (Lipinski definition) is 5. The second-order valence-electron chi connectivity index (χ2n) is 8.64. The first-order valence-electron chi connectivity index (χ1n) is 10.7. The third-order valence-electron chi connectivity index (χ3n) is 4.49. The molecule has 164 valence electrons. The lowest BCUT2D eigenvalue weighted by Gasteiger charge is -2.26. The van der Waals surface area contributed by atoms with Gasteiger partial charge in [0.05, 0.1) is 18.4 Å². The maximum absolute atomic E-state index is 12.6. The number of ether oxygens (including phenoxy) is 3. The summed E-state index contributed by atoms with van der Waals surface area (Å²) in [7, 11) is 0. The Hall–Kier alpha value is -1.88. The standard InChI is InChI=1S/C24H38O5/c1-7-8-12-15-27-19(3)21(17-20-13-10-9-11-14-20)28-23(26)18(2)16-22(25)29-24(4,5)6/h9-11,13-14,18-19,21H,7-8,12,15-17H2,1-6H3/t18-,19+,21-/m1/s1. The highest BCUT2D eigenvalue weighted by Gasteiger charge is 2.28. The molecule has 0 aromatic heterocycles. The van der Waals surface area contributed by atoms with Crippen LogP contribution in [-0.4, -0.2) is 36.4 Å². The minimum absolute atomic E-state index is 0.000101. The van der Waals surface area contributed by atoms with Gasteiger partial charge in [-0.25, -0.2) is 0 Å². The van der Waals surface area contributed by atoms with Crippen LogP contribution < -0.4 is 0 Å². The largest absolute Gasteiger partial charge is 0.460 e. The van der Waals surface area contributed by atoms with Gasteiger partial charge in [0, 0.05) is 13.0 Å². The van der Waals surface area contributed by atoms with E-state index in [0.29, 0.717) is 13.0 Å². The van der Waals surface area contributed by atoms with E-state index in [9.17, 15) is 9.59 Å². The van der Waals surface area contributed by atoms with Gasteiger partial charge in [-0.2, -0.15) is 0 Å². The Morgan fingerprint density at radius 2 is 1.69 bits per heavy atom. The molecule has 0 aliphatic carbocycles. The van der Waals surface area contributed by atoms with Crippen LogP contribution in [0.4, 0.5) is 0 Å². The average molecular weight is 407 g/mol. The van der Waals surface area contributed by atoms with Crippen LogP contribution in [0.25, 0.3) is 0 Å². The van der Waals surface area contributed by atoms with Crippen LogP contribution >= 0.6 is 0 Å². The van der Waals surface area contributed by atoms with Gasteiger partial charge in [-0.15, -0.1) is 0 Å². The summed E-state index contributed by atoms with van der Waals surface area (Å²) >= 11 is 0. The fraction of sp³-hybridized carbons (Fsp3) is 0.667. The van der Waals surface area contributed by atoms with E-state index in [4.69, 9.17) is 14.2 Å². The summed E-state index contributed by atoms with van der Waals surface area (Å²) in [6.07, 6.45) is 3.16. The molecule has 1 rings (SSSR count). The van der Waals surface area contributed by atoms with Crippen molar-refractivity contribution in [2.45, 2.75) is 91.5 Å². The van der Waals surface area contributed by atoms with E-state index in [1.165, 1.54) is 0 Å². The predicted octanol–water partition coefficient (Wildman–Crippen LogP) is 5.10. The van der Waals surface area contributed by atoms with Gasteiger partial charge in [-0.3, -0.25) is 9.59 Å². The molecule has 0 heterocycles. The smallest absolute Gasteiger partial charge is 0.309 e. The van der Waals surface area contributed by atoms with Crippen LogP contribution in [0.2, 0.25) is 0 Å². The third-order valence-corrected chi connectivity index (χ3v) is 4.49. The van der Waals surface area contributed by atoms with Crippen molar-refractivity contribution >= 4 is 11.9 Å². The molecule has 0 aliphatic heterocycles. The van der Waals surface area contributed by atoms with Crippen molar-refractivity contribution in [2.24, 2.45) is 5.92 Å². The average Bonchev–Trinajstić information content (AvgIpc) is 2.63. The van der Waals surface area contributed by atoms with Gasteiger partial charge in [-0.1, -0.05) is 57.0 Å². The maximum Gasteiger partial charge on any atom is 0.309 e. The Morgan fingerprint density at radius 1 is 1.03 bits per heavy atom. The predicted molar refractivity (Wildman–Crippen MR) is 115 cm³/mol. The minimum atomic E-state index is -0.574. The van der Waals surface area contributed by atoms with Crippen molar-refractivity contribution in [1.29, 1.82) is 0 Å². The summed E-state index contributed by atoms with van der Waals surface area (Å²) in [5.41, 5.74) is 0.506. The van der Waals surface area contributed by atoms with Crippen LogP contribution in [0.1, 0.15) is 72.8 Å². The highest BCUT2D eigenvalue weighted by molar-refractivity contribution is 5.80. The van der Waals surface area contributed by atoms with Gasteiger partial charge in [0.1, 0.15) is 11.7 Å². The molecule has 5 nitrogen and oxygen atoms in total. The van der Waals surface area contributed by atoms with Crippen LogP contribution in [0.5, 0.6) is 0 Å². The number of hydrogen-bond donors (Lipinski definition) is 0. The monoisotopic (exact) mass is 406 g/mol. The molecule has 0 N–H and O–H groups in total. The minimum Gasteiger partial charge on any atom is -0.460 e. The van der Waals surface area contributed by atoms with Crippen molar-refractivity contribution < 1.29 is 23.8 Å². The highest BCUT2D eigenvalue weighted by atomic mass is 16.6. The van der Waals surface area contributed by atoms with Gasteiger partial charge in [0.25, 0.3) is 0 Å². The first-order valence-corrected chi connectivity index (χ1v) is 10.7. The topological polar surface area (TPSA) is 61.8 Å². The molecule has 0 aliphatic rings. The molecule has 0 amide bonds. The zero-order chi connectivity index (χ0) is 21.9. The van der Waals surface area contributed by atoms with Crippen molar-refractivity contribution in [3.8, 4) is 0 Å². The number of benzene rings is 1. The molecule has 3 atom stereocenters. The molecule has 0 bridgehead atoms. The fourth-order valence-corrected chi connectivity index (χ4v) is 2.86. The SMILES string of the molecule is CCCCCO[C@@H](C)[C@@H](Cc1ccccc1)OC(=O)[C@H](C)CC(=O)OC(C)(C)C. The lowest BCUT2D eigenvalue weighted by Crippen LogP contribution is -2.36. The summed E-state index contributed by atoms with van der Waals surface area (Å²) in [4.78, 5) is 24.7. The molecular weight excluding hydrogens is 368 g/mol. The summed E-state index contributed by atoms with van der Waals surface area (Å²) in [5.74, 6) is -1.37. The van der Waals surface area contributed by atoms with Gasteiger partial charge in [-0.05, 0) is 39.7 Å². The zero-order valence-corrected chi connectivity index (χ0v) is 18.9. The van der Waals surface area contributed by atoms with E-state index in [0.717, 1.165) is 24.8 Å². The van der Waals surface area contributed by atoms with Gasteiger partial charge in [0.15, 0.2) is 0 Å². The van der Waals surface area contributed by atoms with Crippen molar-refractivity contribution in [1.82, 2.24) is 0 Å². The van der Waals surface area contributed by atoms with Crippen molar-refractivity contribution in [3.05, 3.63) is 35.9 Å². The highest BCUT2D eigenvalue weighted by Crippen LogP contribution is 2.17. The molecule has 0 fully saturated rings. The fourth-order valence-electron chi connectivity index (χ4n) is 2.86. The number of unbranched alkanes of at least 4 members (excludes halogenated alkanes) is 2. The number of rotatable bonds is 12. The molecule has 0 saturated carbocycles. The Morgan fingerprint density at radius 3 is 2.28 bits per heavy atom. The van der Waals surface area contributed by atoms with Gasteiger partial charge < -0.3 is 14.2 Å². The van der Waals surface area contributed by atoms with Gasteiger partial charge in [0.2, 0.25) is 0 Å². The first kappa shape index (κ1) is 25.2. The molecule has 29 heavy (non-hydrogen) atoms. The molecule has 0 radical (unpaired) electrons. The van der Waals surface area contributed by atoms with E-state index < -0.39 is 29.6 Å². The van der Waals surface area contributed by atoms with Gasteiger partial charge >= 0.3 is 11.9 Å². The van der Waals surface area contributed by atoms with E-state index in [1.807, 2.05) is 37.3 Å². The molecule has 5 heteroatoms. The first-order chi connectivity index (χ1) is 13.6. The lowest BCUT2D eigenvalue weighted by molar-refractivity contribution is -0.167. The molecular formula is C24H38O5. The van der Waals surface area contributed by atoms with E-state index in [2.05, 4.69) is 6.92 Å². The molecule has 1 aromatic rings. The van der Waals surface area contributed by atoms with Crippen molar-refractivity contribution in [2.75, 3.05) is 6.61 Å². The third kappa shape index (κ3) is 11.0. The van der Waals surface area contributed by atoms with E-state index in [-0.39, 0.29) is 12.5 Å². The lowest BCUT2D eigenvalue weighted by atomic mass is 10.0. The summed E-state index contributed by atoms with van der Waals surface area (Å²) < 4.78 is 17.0.